The molecule has 1 aromatic carbocycles. The van der Waals surface area contributed by atoms with Crippen LogP contribution < -0.4 is 0 Å². The van der Waals surface area contributed by atoms with Crippen LogP contribution >= 0.6 is 0 Å². The minimum Gasteiger partial charge on any atom is -0.361 e. The van der Waals surface area contributed by atoms with E-state index < -0.39 is 17.4 Å². The van der Waals surface area contributed by atoms with Crippen LogP contribution in [-0.4, -0.2) is 11.3 Å². The van der Waals surface area contributed by atoms with E-state index in [0.29, 0.717) is 0 Å². The number of H-pyrrole nitrogens is 1. The van der Waals surface area contributed by atoms with Crippen molar-refractivity contribution >= 4 is 17.2 Å². The van der Waals surface area contributed by atoms with Gasteiger partial charge in [0.1, 0.15) is 0 Å². The Bertz CT molecular complexity index is 598. The van der Waals surface area contributed by atoms with E-state index in [-0.39, 0.29) is 22.8 Å². The predicted octanol–water partition coefficient (Wildman–Crippen LogP) is 3.57. The Morgan fingerprint density at radius 2 is 1.89 bits per heavy atom. The zero-order valence-electron chi connectivity index (χ0n) is 9.31. The van der Waals surface area contributed by atoms with Gasteiger partial charge in [0.05, 0.1) is 5.56 Å². The molecule has 0 fully saturated rings. The van der Waals surface area contributed by atoms with Crippen LogP contribution in [0.2, 0.25) is 0 Å². The molecule has 0 aliphatic rings. The SMILES string of the molecule is CC(F)(C=O)c1c[nH]c2cc(C(F)(F)F)ccc12. The molecule has 1 unspecified atom stereocenters. The predicted molar refractivity (Wildman–Crippen MR) is 57.8 cm³/mol. The second-order valence-electron chi connectivity index (χ2n) is 4.15. The van der Waals surface area contributed by atoms with Crippen LogP contribution in [0.15, 0.2) is 24.4 Å². The van der Waals surface area contributed by atoms with Gasteiger partial charge in [-0.1, -0.05) is 6.07 Å². The van der Waals surface area contributed by atoms with Gasteiger partial charge in [-0.25, -0.2) is 4.39 Å². The number of fused-ring (bicyclic) bond motifs is 1. The van der Waals surface area contributed by atoms with E-state index in [9.17, 15) is 22.4 Å². The molecule has 0 saturated carbocycles. The summed E-state index contributed by atoms with van der Waals surface area (Å²) in [5, 5.41) is 0.264. The Morgan fingerprint density at radius 1 is 1.22 bits per heavy atom. The summed E-state index contributed by atoms with van der Waals surface area (Å²) < 4.78 is 51.3. The minimum absolute atomic E-state index is 0.0289. The fraction of sp³-hybridized carbons (Fsp3) is 0.250. The first-order valence-corrected chi connectivity index (χ1v) is 5.10. The maximum Gasteiger partial charge on any atom is 0.416 e. The molecular formula is C12H9F4NO. The number of hydrogen-bond acceptors (Lipinski definition) is 1. The van der Waals surface area contributed by atoms with Gasteiger partial charge in [-0.15, -0.1) is 0 Å². The van der Waals surface area contributed by atoms with E-state index >= 15 is 0 Å². The summed E-state index contributed by atoms with van der Waals surface area (Å²) in [6.07, 6.45) is -3.13. The van der Waals surface area contributed by atoms with Gasteiger partial charge >= 0.3 is 6.18 Å². The topological polar surface area (TPSA) is 32.9 Å². The average molecular weight is 259 g/mol. The van der Waals surface area contributed by atoms with Gasteiger partial charge in [-0.2, -0.15) is 13.2 Å². The van der Waals surface area contributed by atoms with E-state index in [1.165, 1.54) is 6.20 Å². The van der Waals surface area contributed by atoms with E-state index in [2.05, 4.69) is 4.98 Å². The Kier molecular flexibility index (Phi) is 2.68. The third-order valence-corrected chi connectivity index (χ3v) is 2.76. The number of benzene rings is 1. The minimum atomic E-state index is -4.46. The molecule has 18 heavy (non-hydrogen) atoms. The summed E-state index contributed by atoms with van der Waals surface area (Å²) in [6.45, 7) is 1.06. The normalized spacial score (nSPS) is 15.6. The monoisotopic (exact) mass is 259 g/mol. The number of halogens is 4. The van der Waals surface area contributed by atoms with Crippen LogP contribution in [0, 0.1) is 0 Å². The molecule has 0 bridgehead atoms. The summed E-state index contributed by atoms with van der Waals surface area (Å²) in [7, 11) is 0. The smallest absolute Gasteiger partial charge is 0.361 e. The van der Waals surface area contributed by atoms with Crippen molar-refractivity contribution in [2.75, 3.05) is 0 Å². The molecule has 0 saturated heterocycles. The van der Waals surface area contributed by atoms with Crippen molar-refractivity contribution in [3.63, 3.8) is 0 Å². The molecule has 1 heterocycles. The van der Waals surface area contributed by atoms with Crippen molar-refractivity contribution in [1.82, 2.24) is 4.98 Å². The van der Waals surface area contributed by atoms with Crippen LogP contribution in [0.4, 0.5) is 17.6 Å². The fourth-order valence-corrected chi connectivity index (χ4v) is 1.77. The second-order valence-corrected chi connectivity index (χ2v) is 4.15. The Balaban J connectivity index is 2.61. The van der Waals surface area contributed by atoms with E-state index in [0.717, 1.165) is 25.1 Å². The first kappa shape index (κ1) is 12.6. The molecule has 1 N–H and O–H groups in total. The van der Waals surface area contributed by atoms with Gasteiger partial charge in [-0.3, -0.25) is 4.79 Å². The lowest BCUT2D eigenvalue weighted by atomic mass is 9.98. The zero-order valence-corrected chi connectivity index (χ0v) is 9.31. The Labute approximate surface area is 99.6 Å². The van der Waals surface area contributed by atoms with Crippen molar-refractivity contribution in [2.45, 2.75) is 18.8 Å². The summed E-state index contributed by atoms with van der Waals surface area (Å²) >= 11 is 0. The number of aldehydes is 1. The number of carbonyl (C=O) groups excluding carboxylic acids is 1. The third-order valence-electron chi connectivity index (χ3n) is 2.76. The molecule has 0 radical (unpaired) electrons. The largest absolute Gasteiger partial charge is 0.416 e. The summed E-state index contributed by atoms with van der Waals surface area (Å²) in [5.41, 5.74) is -2.88. The van der Waals surface area contributed by atoms with Crippen LogP contribution in [0.1, 0.15) is 18.1 Å². The lowest BCUT2D eigenvalue weighted by Gasteiger charge is -2.11. The van der Waals surface area contributed by atoms with Gasteiger partial charge in [0.2, 0.25) is 0 Å². The van der Waals surface area contributed by atoms with E-state index in [1.54, 1.807) is 0 Å². The molecule has 96 valence electrons. The standard InChI is InChI=1S/C12H9F4NO/c1-11(13,6-18)9-5-17-10-4-7(12(14,15)16)2-3-8(9)10/h2-6,17H,1H3. The fourth-order valence-electron chi connectivity index (χ4n) is 1.77. The molecule has 2 rings (SSSR count). The van der Waals surface area contributed by atoms with E-state index in [4.69, 9.17) is 0 Å². The first-order valence-electron chi connectivity index (χ1n) is 5.10. The Hall–Kier alpha value is -1.85. The molecule has 1 atom stereocenters. The van der Waals surface area contributed by atoms with Crippen molar-refractivity contribution in [3.8, 4) is 0 Å². The van der Waals surface area contributed by atoms with Crippen LogP contribution in [0.3, 0.4) is 0 Å². The number of carbonyl (C=O) groups is 1. The first-order chi connectivity index (χ1) is 8.25. The number of aromatic amines is 1. The molecule has 2 aromatic rings. The third kappa shape index (κ3) is 1.98. The highest BCUT2D eigenvalue weighted by Gasteiger charge is 2.32. The van der Waals surface area contributed by atoms with Crippen molar-refractivity contribution in [1.29, 1.82) is 0 Å². The van der Waals surface area contributed by atoms with Crippen LogP contribution in [0.25, 0.3) is 10.9 Å². The quantitative estimate of drug-likeness (QED) is 0.649. The van der Waals surface area contributed by atoms with Crippen molar-refractivity contribution in [2.24, 2.45) is 0 Å². The molecule has 0 aliphatic heterocycles. The van der Waals surface area contributed by atoms with Crippen LogP contribution in [-0.2, 0) is 16.6 Å². The number of nitrogens with one attached hydrogen (secondary N) is 1. The average Bonchev–Trinajstić information content (AvgIpc) is 2.71. The number of rotatable bonds is 2. The molecule has 0 spiro atoms. The van der Waals surface area contributed by atoms with Gasteiger partial charge in [0, 0.05) is 22.7 Å². The highest BCUT2D eigenvalue weighted by atomic mass is 19.4. The van der Waals surface area contributed by atoms with Gasteiger partial charge in [0.25, 0.3) is 0 Å². The van der Waals surface area contributed by atoms with Gasteiger partial charge in [0.15, 0.2) is 12.0 Å². The lowest BCUT2D eigenvalue weighted by molar-refractivity contribution is -0.137. The molecule has 1 aromatic heterocycles. The summed E-state index contributed by atoms with van der Waals surface area (Å²) in [4.78, 5) is 13.2. The Morgan fingerprint density at radius 3 is 2.44 bits per heavy atom. The molecule has 6 heteroatoms. The van der Waals surface area contributed by atoms with Crippen molar-refractivity contribution < 1.29 is 22.4 Å². The number of alkyl halides is 4. The molecular weight excluding hydrogens is 250 g/mol. The number of aromatic nitrogens is 1. The molecule has 2 nitrogen and oxygen atoms in total. The molecule has 0 amide bonds. The van der Waals surface area contributed by atoms with Gasteiger partial charge < -0.3 is 4.98 Å². The van der Waals surface area contributed by atoms with Crippen LogP contribution in [0.5, 0.6) is 0 Å². The highest BCUT2D eigenvalue weighted by Crippen LogP contribution is 2.35. The maximum absolute atomic E-state index is 13.8. The number of hydrogen-bond donors (Lipinski definition) is 1. The lowest BCUT2D eigenvalue weighted by Crippen LogP contribution is -2.16. The summed E-state index contributed by atoms with van der Waals surface area (Å²) in [5.74, 6) is 0. The molecule has 0 aliphatic carbocycles. The summed E-state index contributed by atoms with van der Waals surface area (Å²) in [6, 6.07) is 2.91. The second kappa shape index (κ2) is 3.83. The highest BCUT2D eigenvalue weighted by molar-refractivity contribution is 5.88. The van der Waals surface area contributed by atoms with Gasteiger partial charge in [-0.05, 0) is 19.1 Å². The van der Waals surface area contributed by atoms with E-state index in [1.807, 2.05) is 0 Å². The maximum atomic E-state index is 13.8. The zero-order chi connectivity index (χ0) is 13.6. The van der Waals surface area contributed by atoms with Crippen molar-refractivity contribution in [3.05, 3.63) is 35.5 Å².